The van der Waals surface area contributed by atoms with Crippen LogP contribution in [-0.4, -0.2) is 23.4 Å². The van der Waals surface area contributed by atoms with Gasteiger partial charge in [-0.2, -0.15) is 0 Å². The zero-order chi connectivity index (χ0) is 19.7. The molecular weight excluding hydrogens is 358 g/mol. The van der Waals surface area contributed by atoms with E-state index in [0.717, 1.165) is 43.4 Å². The van der Waals surface area contributed by atoms with Crippen LogP contribution >= 0.6 is 0 Å². The molecule has 5 heteroatoms. The predicted octanol–water partition coefficient (Wildman–Crippen LogP) is 4.45. The molecule has 1 amide bonds. The van der Waals surface area contributed by atoms with Crippen molar-refractivity contribution in [3.63, 3.8) is 0 Å². The van der Waals surface area contributed by atoms with Crippen LogP contribution < -0.4 is 5.73 Å². The fraction of sp³-hybridized carbons (Fsp3) is 0.348. The first kappa shape index (κ1) is 18.8. The van der Waals surface area contributed by atoms with Gasteiger partial charge in [-0.3, -0.25) is 4.79 Å². The average molecular weight is 382 g/mol. The first-order chi connectivity index (χ1) is 13.5. The van der Waals surface area contributed by atoms with Crippen molar-refractivity contribution < 1.29 is 13.6 Å². The van der Waals surface area contributed by atoms with Crippen molar-refractivity contribution in [1.29, 1.82) is 0 Å². The van der Waals surface area contributed by atoms with Crippen LogP contribution in [0.3, 0.4) is 0 Å². The summed E-state index contributed by atoms with van der Waals surface area (Å²) in [5, 5.41) is 0. The molecule has 2 N–H and O–H groups in total. The summed E-state index contributed by atoms with van der Waals surface area (Å²) in [5.41, 5.74) is 8.07. The SMILES string of the molecule is N[C@H](C(=O)N1CC(c2cc(F)ccc2F)=CC1c1ccccc1)C1CCCC1. The number of halogens is 2. The molecular formula is C23H24F2N2O. The summed E-state index contributed by atoms with van der Waals surface area (Å²) >= 11 is 0. The summed E-state index contributed by atoms with van der Waals surface area (Å²) in [7, 11) is 0. The predicted molar refractivity (Wildman–Crippen MR) is 105 cm³/mol. The maximum absolute atomic E-state index is 14.3. The van der Waals surface area contributed by atoms with E-state index in [1.54, 1.807) is 4.90 Å². The minimum atomic E-state index is -0.557. The lowest BCUT2D eigenvalue weighted by Gasteiger charge is -2.30. The van der Waals surface area contributed by atoms with Gasteiger partial charge < -0.3 is 10.6 Å². The van der Waals surface area contributed by atoms with Gasteiger partial charge in [-0.15, -0.1) is 0 Å². The highest BCUT2D eigenvalue weighted by molar-refractivity contribution is 5.87. The quantitative estimate of drug-likeness (QED) is 0.849. The summed E-state index contributed by atoms with van der Waals surface area (Å²) < 4.78 is 28.1. The van der Waals surface area contributed by atoms with Crippen molar-refractivity contribution in [2.75, 3.05) is 6.54 Å². The molecule has 28 heavy (non-hydrogen) atoms. The number of carbonyl (C=O) groups excluding carboxylic acids is 1. The zero-order valence-electron chi connectivity index (χ0n) is 15.7. The summed E-state index contributed by atoms with van der Waals surface area (Å²) in [6, 6.07) is 12.1. The Morgan fingerprint density at radius 3 is 2.50 bits per heavy atom. The Morgan fingerprint density at radius 1 is 1.07 bits per heavy atom. The molecule has 1 unspecified atom stereocenters. The van der Waals surface area contributed by atoms with Crippen LogP contribution in [0.15, 0.2) is 54.6 Å². The van der Waals surface area contributed by atoms with Gasteiger partial charge in [-0.05, 0) is 48.1 Å². The molecule has 2 aromatic rings. The molecule has 3 nitrogen and oxygen atoms in total. The zero-order valence-corrected chi connectivity index (χ0v) is 15.7. The molecule has 2 atom stereocenters. The summed E-state index contributed by atoms with van der Waals surface area (Å²) in [4.78, 5) is 15.0. The second-order valence-electron chi connectivity index (χ2n) is 7.71. The van der Waals surface area contributed by atoms with E-state index in [1.165, 1.54) is 6.07 Å². The van der Waals surface area contributed by atoms with Gasteiger partial charge in [0.1, 0.15) is 11.6 Å². The molecule has 1 aliphatic carbocycles. The molecule has 1 heterocycles. The number of nitrogens with zero attached hydrogens (tertiary/aromatic N) is 1. The maximum atomic E-state index is 14.3. The van der Waals surface area contributed by atoms with Gasteiger partial charge >= 0.3 is 0 Å². The van der Waals surface area contributed by atoms with Crippen molar-refractivity contribution in [2.24, 2.45) is 11.7 Å². The number of nitrogens with two attached hydrogens (primary N) is 1. The lowest BCUT2D eigenvalue weighted by Crippen LogP contribution is -2.47. The Balaban J connectivity index is 1.67. The van der Waals surface area contributed by atoms with E-state index in [4.69, 9.17) is 5.73 Å². The minimum Gasteiger partial charge on any atom is -0.326 e. The molecule has 0 aromatic heterocycles. The molecule has 1 fully saturated rings. The number of amides is 1. The largest absolute Gasteiger partial charge is 0.326 e. The Kier molecular flexibility index (Phi) is 5.27. The Bertz CT molecular complexity index is 891. The van der Waals surface area contributed by atoms with Crippen molar-refractivity contribution in [3.05, 3.63) is 77.4 Å². The molecule has 1 aliphatic heterocycles. The van der Waals surface area contributed by atoms with Gasteiger partial charge in [0.2, 0.25) is 5.91 Å². The van der Waals surface area contributed by atoms with Crippen molar-refractivity contribution >= 4 is 11.5 Å². The molecule has 146 valence electrons. The number of rotatable bonds is 4. The maximum Gasteiger partial charge on any atom is 0.240 e. The van der Waals surface area contributed by atoms with Crippen molar-refractivity contribution in [1.82, 2.24) is 4.90 Å². The summed E-state index contributed by atoms with van der Waals surface area (Å²) in [5.74, 6) is -0.919. The van der Waals surface area contributed by atoms with Gasteiger partial charge in [0, 0.05) is 12.1 Å². The van der Waals surface area contributed by atoms with Gasteiger partial charge in [0.05, 0.1) is 12.1 Å². The third-order valence-corrected chi connectivity index (χ3v) is 5.93. The van der Waals surface area contributed by atoms with Gasteiger partial charge in [0.15, 0.2) is 0 Å². The minimum absolute atomic E-state index is 0.121. The monoisotopic (exact) mass is 382 g/mol. The van der Waals surface area contributed by atoms with Crippen LogP contribution in [0.1, 0.15) is 42.9 Å². The van der Waals surface area contributed by atoms with E-state index in [0.29, 0.717) is 5.57 Å². The number of hydrogen-bond donors (Lipinski definition) is 1. The van der Waals surface area contributed by atoms with E-state index < -0.39 is 17.7 Å². The standard InChI is InChI=1S/C23H24F2N2O/c24-18-10-11-20(25)19(13-18)17-12-21(15-6-2-1-3-7-15)27(14-17)23(28)22(26)16-8-4-5-9-16/h1-3,6-7,10-13,16,21-22H,4-5,8-9,14,26H2/t21?,22-/m0/s1. The highest BCUT2D eigenvalue weighted by Crippen LogP contribution is 2.37. The van der Waals surface area contributed by atoms with E-state index in [-0.39, 0.29) is 30.0 Å². The van der Waals surface area contributed by atoms with Gasteiger partial charge in [-0.1, -0.05) is 49.2 Å². The van der Waals surface area contributed by atoms with Crippen molar-refractivity contribution in [3.8, 4) is 0 Å². The fourth-order valence-corrected chi connectivity index (χ4v) is 4.38. The average Bonchev–Trinajstić information content (AvgIpc) is 3.39. The third kappa shape index (κ3) is 3.59. The first-order valence-electron chi connectivity index (χ1n) is 9.81. The first-order valence-corrected chi connectivity index (χ1v) is 9.81. The molecule has 2 aliphatic rings. The fourth-order valence-electron chi connectivity index (χ4n) is 4.38. The topological polar surface area (TPSA) is 46.3 Å². The number of carbonyl (C=O) groups is 1. The number of hydrogen-bond acceptors (Lipinski definition) is 2. The summed E-state index contributed by atoms with van der Waals surface area (Å²) in [6.45, 7) is 0.221. The van der Waals surface area contributed by atoms with E-state index >= 15 is 0 Å². The van der Waals surface area contributed by atoms with Crippen LogP contribution in [0, 0.1) is 17.6 Å². The molecule has 0 radical (unpaired) electrons. The molecule has 0 spiro atoms. The molecule has 2 aromatic carbocycles. The summed E-state index contributed by atoms with van der Waals surface area (Å²) in [6.07, 6.45) is 6.00. The van der Waals surface area contributed by atoms with Crippen LogP contribution in [-0.2, 0) is 4.79 Å². The number of benzene rings is 2. The van der Waals surface area contributed by atoms with Crippen LogP contribution in [0.5, 0.6) is 0 Å². The second kappa shape index (κ2) is 7.84. The normalized spacial score (nSPS) is 21.0. The van der Waals surface area contributed by atoms with Gasteiger partial charge in [-0.25, -0.2) is 8.78 Å². The smallest absolute Gasteiger partial charge is 0.240 e. The van der Waals surface area contributed by atoms with E-state index in [2.05, 4.69) is 0 Å². The highest BCUT2D eigenvalue weighted by atomic mass is 19.1. The van der Waals surface area contributed by atoms with E-state index in [9.17, 15) is 13.6 Å². The van der Waals surface area contributed by atoms with Gasteiger partial charge in [0.25, 0.3) is 0 Å². The molecule has 4 rings (SSSR count). The molecule has 1 saturated carbocycles. The van der Waals surface area contributed by atoms with Crippen LogP contribution in [0.2, 0.25) is 0 Å². The third-order valence-electron chi connectivity index (χ3n) is 5.93. The molecule has 0 saturated heterocycles. The second-order valence-corrected chi connectivity index (χ2v) is 7.71. The Morgan fingerprint density at radius 2 is 1.79 bits per heavy atom. The highest BCUT2D eigenvalue weighted by Gasteiger charge is 2.37. The Hall–Kier alpha value is -2.53. The van der Waals surface area contributed by atoms with E-state index in [1.807, 2.05) is 36.4 Å². The lowest BCUT2D eigenvalue weighted by molar-refractivity contribution is -0.134. The molecule has 0 bridgehead atoms. The van der Waals surface area contributed by atoms with Crippen LogP contribution in [0.25, 0.3) is 5.57 Å². The lowest BCUT2D eigenvalue weighted by atomic mass is 9.97. The van der Waals surface area contributed by atoms with Crippen molar-refractivity contribution in [2.45, 2.75) is 37.8 Å². The Labute approximate surface area is 163 Å². The van der Waals surface area contributed by atoms with Crippen LogP contribution in [0.4, 0.5) is 8.78 Å².